The summed E-state index contributed by atoms with van der Waals surface area (Å²) < 4.78 is 6.93. The highest BCUT2D eigenvalue weighted by molar-refractivity contribution is 7.15. The zero-order valence-electron chi connectivity index (χ0n) is 42.7. The molecular formula is C51H46N14O9S6. The maximum atomic E-state index is 14.3. The van der Waals surface area contributed by atoms with Gasteiger partial charge in [-0.15, -0.1) is 68.0 Å². The number of aryl methyl sites for hydroxylation is 1. The first-order valence-electron chi connectivity index (χ1n) is 24.3. The van der Waals surface area contributed by atoms with Gasteiger partial charge in [0.15, 0.2) is 5.69 Å². The van der Waals surface area contributed by atoms with Crippen LogP contribution in [0.4, 0.5) is 0 Å². The van der Waals surface area contributed by atoms with Crippen LogP contribution in [0.15, 0.2) is 76.5 Å². The van der Waals surface area contributed by atoms with E-state index in [-0.39, 0.29) is 41.7 Å². The first-order valence-corrected chi connectivity index (χ1v) is 29.4. The van der Waals surface area contributed by atoms with Crippen LogP contribution in [0.1, 0.15) is 117 Å². The summed E-state index contributed by atoms with van der Waals surface area (Å²) in [6, 6.07) is 9.51. The maximum absolute atomic E-state index is 14.3. The second-order valence-electron chi connectivity index (χ2n) is 18.1. The molecule has 0 radical (unpaired) electrons. The van der Waals surface area contributed by atoms with E-state index < -0.39 is 66.3 Å². The number of carboxylic acids is 1. The minimum absolute atomic E-state index is 0.00139. The van der Waals surface area contributed by atoms with Crippen LogP contribution >= 0.6 is 68.0 Å². The number of benzene rings is 1. The number of aliphatic hydroxyl groups excluding tert-OH is 1. The number of carbonyl (C=O) groups excluding carboxylic acids is 5. The fraction of sp³-hybridized carbons (Fsp3) is 0.255. The molecule has 1 aliphatic rings. The van der Waals surface area contributed by atoms with Crippen molar-refractivity contribution < 1.29 is 43.7 Å². The summed E-state index contributed by atoms with van der Waals surface area (Å²) in [6.07, 6.45) is 1.22. The van der Waals surface area contributed by atoms with E-state index in [1.807, 2.05) is 13.8 Å². The standard InChI is InChI=1S/C51H46N14O9S6/c1-22(2)36-50-64-39(32(80-50)16-74-5)43(70)53-14-35(67)61-40(41(68)24-9-7-6-8-10-24)49-59-31(19-77-49)47-57-29(17-76-47)38-25(11-12-26(55-38)46-60-33(20-78-46)65-15-28(51(72)73)54-21-65)45-58-30(18-75-45)42(69)56-27(13-34(66)52-4)48-63-37(23(3)79-48)44(71)62-36/h6-12,15,17-22,27,36,40-41,68H,13-14,16H2,1-5H3,(H,52,66)(H,53,70)(H,56,69)(H,61,67)(H,62,71)(H,72,73)/t27-,36-,40-,41-/m0/s1. The van der Waals surface area contributed by atoms with E-state index in [2.05, 4.69) is 41.5 Å². The highest BCUT2D eigenvalue weighted by Gasteiger charge is 2.33. The first-order chi connectivity index (χ1) is 38.5. The van der Waals surface area contributed by atoms with E-state index >= 15 is 0 Å². The first kappa shape index (κ1) is 55.4. The van der Waals surface area contributed by atoms with Crippen molar-refractivity contribution in [1.29, 1.82) is 0 Å². The Bertz CT molecular complexity index is 3800. The van der Waals surface area contributed by atoms with Gasteiger partial charge < -0.3 is 41.5 Å². The molecule has 1 aliphatic heterocycles. The lowest BCUT2D eigenvalue weighted by molar-refractivity contribution is -0.122. The molecule has 10 bridgehead atoms. The molecule has 23 nitrogen and oxygen atoms in total. The normalized spacial score (nSPS) is 16.6. The molecule has 9 aromatic rings. The Kier molecular flexibility index (Phi) is 16.5. The van der Waals surface area contributed by atoms with Crippen molar-refractivity contribution in [3.8, 4) is 49.2 Å². The number of aromatic nitrogens is 9. The van der Waals surface area contributed by atoms with E-state index in [1.165, 1.54) is 87.9 Å². The van der Waals surface area contributed by atoms with E-state index in [1.54, 1.807) is 70.9 Å². The summed E-state index contributed by atoms with van der Waals surface area (Å²) in [6.45, 7) is 4.96. The van der Waals surface area contributed by atoms with Crippen LogP contribution in [0.3, 0.4) is 0 Å². The number of carboxylic acid groups (broad SMARTS) is 1. The minimum Gasteiger partial charge on any atom is -0.476 e. The number of aliphatic hydroxyl groups is 1. The summed E-state index contributed by atoms with van der Waals surface area (Å²) in [4.78, 5) is 120. The largest absolute Gasteiger partial charge is 0.476 e. The number of methoxy groups -OCH3 is 1. The molecule has 7 N–H and O–H groups in total. The third-order valence-corrected chi connectivity index (χ3v) is 18.0. The molecule has 9 heterocycles. The van der Waals surface area contributed by atoms with Crippen molar-refractivity contribution in [3.05, 3.63) is 130 Å². The molecule has 0 saturated carbocycles. The van der Waals surface area contributed by atoms with Gasteiger partial charge in [-0.3, -0.25) is 28.5 Å². The van der Waals surface area contributed by atoms with Gasteiger partial charge in [0, 0.05) is 52.3 Å². The van der Waals surface area contributed by atoms with E-state index in [9.17, 15) is 39.0 Å². The Morgan fingerprint density at radius 3 is 2.21 bits per heavy atom. The third-order valence-electron chi connectivity index (χ3n) is 12.3. The van der Waals surface area contributed by atoms with Crippen molar-refractivity contribution >= 4 is 104 Å². The predicted octanol–water partition coefficient (Wildman–Crippen LogP) is 7.20. The van der Waals surface area contributed by atoms with Crippen LogP contribution < -0.4 is 26.6 Å². The number of thiazole rings is 6. The number of aromatic carboxylic acids is 1. The average Bonchev–Trinajstić information content (AvgIpc) is 4.34. The molecule has 0 fully saturated rings. The number of ether oxygens (including phenoxy) is 1. The van der Waals surface area contributed by atoms with Gasteiger partial charge in [0.2, 0.25) is 11.8 Å². The lowest BCUT2D eigenvalue weighted by atomic mass is 10.0. The van der Waals surface area contributed by atoms with Crippen LogP contribution in [-0.2, 0) is 20.9 Å². The molecule has 80 heavy (non-hydrogen) atoms. The molecule has 0 saturated heterocycles. The van der Waals surface area contributed by atoms with Gasteiger partial charge in [0.25, 0.3) is 17.7 Å². The number of nitrogens with one attached hydrogen (secondary N) is 5. The zero-order valence-corrected chi connectivity index (χ0v) is 47.6. The number of imidazole rings is 1. The predicted molar refractivity (Wildman–Crippen MR) is 301 cm³/mol. The van der Waals surface area contributed by atoms with Crippen molar-refractivity contribution in [1.82, 2.24) is 71.0 Å². The molecule has 0 aliphatic carbocycles. The molecule has 0 spiro atoms. The Morgan fingerprint density at radius 2 is 1.46 bits per heavy atom. The van der Waals surface area contributed by atoms with Gasteiger partial charge in [-0.2, -0.15) is 0 Å². The molecule has 29 heteroatoms. The van der Waals surface area contributed by atoms with Gasteiger partial charge in [-0.1, -0.05) is 44.2 Å². The van der Waals surface area contributed by atoms with Crippen LogP contribution in [0.2, 0.25) is 0 Å². The smallest absolute Gasteiger partial charge is 0.356 e. The summed E-state index contributed by atoms with van der Waals surface area (Å²) in [5, 5.41) is 44.7. The molecule has 5 amide bonds. The summed E-state index contributed by atoms with van der Waals surface area (Å²) >= 11 is 7.21. The fourth-order valence-corrected chi connectivity index (χ4v) is 13.8. The van der Waals surface area contributed by atoms with Crippen molar-refractivity contribution in [2.45, 2.75) is 58.0 Å². The second kappa shape index (κ2) is 23.8. The monoisotopic (exact) mass is 1190 g/mol. The summed E-state index contributed by atoms with van der Waals surface area (Å²) in [5.74, 6) is -3.89. The second-order valence-corrected chi connectivity index (χ2v) is 23.9. The van der Waals surface area contributed by atoms with Crippen molar-refractivity contribution in [3.63, 3.8) is 0 Å². The van der Waals surface area contributed by atoms with Crippen LogP contribution in [0.5, 0.6) is 0 Å². The van der Waals surface area contributed by atoms with Crippen LogP contribution in [0.25, 0.3) is 49.2 Å². The minimum atomic E-state index is -1.27. The lowest BCUT2D eigenvalue weighted by Gasteiger charge is -2.23. The number of hydrogen-bond acceptors (Lipinski definition) is 22. The summed E-state index contributed by atoms with van der Waals surface area (Å²) in [5.41, 5.74) is 2.60. The fourth-order valence-electron chi connectivity index (χ4n) is 8.25. The maximum Gasteiger partial charge on any atom is 0.356 e. The number of nitrogens with zero attached hydrogens (tertiary/aromatic N) is 9. The van der Waals surface area contributed by atoms with Gasteiger partial charge in [0.05, 0.1) is 42.2 Å². The lowest BCUT2D eigenvalue weighted by Crippen LogP contribution is -2.40. The number of amides is 5. The topological polar surface area (TPSA) is 320 Å². The molecular weight excluding hydrogens is 1150 g/mol. The average molecular weight is 1190 g/mol. The zero-order chi connectivity index (χ0) is 56.4. The van der Waals surface area contributed by atoms with Gasteiger partial charge in [0.1, 0.15) is 88.5 Å². The van der Waals surface area contributed by atoms with E-state index in [0.29, 0.717) is 79.5 Å². The molecule has 0 unspecified atom stereocenters. The number of carbonyl (C=O) groups is 6. The SMILES string of the molecule is CNC(=O)C[C@@H]1NC(=O)c2csc(n2)-c2ccc(-c3nc(-n4cnc(C(=O)O)c4)cs3)nc2-c2csc(n2)-c2csc(n2)[C@H]([C@@H](O)c2ccccc2)NC(=O)CNC(=O)c2nc(sc2COC)[C@H](C(C)C)NC(=O)c2nc1sc2C. The van der Waals surface area contributed by atoms with Crippen LogP contribution in [0, 0.1) is 12.8 Å². The quantitative estimate of drug-likeness (QED) is 0.0712. The summed E-state index contributed by atoms with van der Waals surface area (Å²) in [7, 11) is 2.94. The number of hydrogen-bond donors (Lipinski definition) is 7. The number of fused-ring (bicyclic) bond motifs is 14. The van der Waals surface area contributed by atoms with Crippen molar-refractivity contribution in [2.75, 3.05) is 20.7 Å². The Labute approximate surface area is 478 Å². The van der Waals surface area contributed by atoms with Gasteiger partial charge >= 0.3 is 5.97 Å². The Balaban J connectivity index is 1.06. The number of rotatable bonds is 10. The van der Waals surface area contributed by atoms with Gasteiger partial charge in [-0.25, -0.2) is 44.7 Å². The highest BCUT2D eigenvalue weighted by atomic mass is 32.1. The van der Waals surface area contributed by atoms with Gasteiger partial charge in [-0.05, 0) is 30.5 Å². The van der Waals surface area contributed by atoms with Crippen molar-refractivity contribution in [2.24, 2.45) is 5.92 Å². The highest BCUT2D eigenvalue weighted by Crippen LogP contribution is 2.40. The van der Waals surface area contributed by atoms with E-state index in [0.717, 1.165) is 11.3 Å². The van der Waals surface area contributed by atoms with E-state index in [4.69, 9.17) is 29.7 Å². The Morgan fingerprint density at radius 1 is 0.738 bits per heavy atom. The molecule has 4 atom stereocenters. The molecule has 10 rings (SSSR count). The number of pyridine rings is 1. The molecule has 1 aromatic carbocycles. The molecule has 410 valence electrons. The Hall–Kier alpha value is -7.90. The molecule has 8 aromatic heterocycles. The third kappa shape index (κ3) is 11.8. The van der Waals surface area contributed by atoms with Crippen LogP contribution in [-0.4, -0.2) is 111 Å².